The molecule has 0 unspecified atom stereocenters. The van der Waals surface area contributed by atoms with Crippen LogP contribution in [0.1, 0.15) is 60.9 Å². The molecule has 196 valence electrons. The van der Waals surface area contributed by atoms with Crippen LogP contribution >= 0.6 is 11.3 Å². The number of anilines is 3. The number of carboxylic acid groups (broad SMARTS) is 1. The molecule has 1 atom stereocenters. The second kappa shape index (κ2) is 11.9. The number of aromatic nitrogens is 3. The summed E-state index contributed by atoms with van der Waals surface area (Å²) in [6.07, 6.45) is 8.09. The lowest BCUT2D eigenvalue weighted by molar-refractivity contribution is -0.141. The quantitative estimate of drug-likeness (QED) is 0.344. The first kappa shape index (κ1) is 25.4. The number of aliphatic carboxylic acids is 1. The number of piperidine rings is 1. The van der Waals surface area contributed by atoms with E-state index >= 15 is 0 Å². The topological polar surface area (TPSA) is 103 Å². The van der Waals surface area contributed by atoms with Gasteiger partial charge in [-0.3, -0.25) is 4.79 Å². The number of nitrogens with zero attached hydrogens (tertiary/aromatic N) is 4. The van der Waals surface area contributed by atoms with E-state index < -0.39 is 11.9 Å². The Hall–Kier alpha value is -3.20. The van der Waals surface area contributed by atoms with Gasteiger partial charge in [-0.05, 0) is 79.0 Å². The monoisotopic (exact) mass is 520 g/mol. The summed E-state index contributed by atoms with van der Waals surface area (Å²) in [5, 5.41) is 20.7. The number of carbonyl (C=O) groups is 1. The van der Waals surface area contributed by atoms with E-state index in [9.17, 15) is 9.90 Å². The lowest BCUT2D eigenvalue weighted by Gasteiger charge is -2.34. The second-order valence-corrected chi connectivity index (χ2v) is 10.8. The van der Waals surface area contributed by atoms with Crippen molar-refractivity contribution in [2.45, 2.75) is 57.8 Å². The molecule has 0 spiro atoms. The number of aryl methyl sites for hydroxylation is 2. The molecule has 5 rings (SSSR count). The number of fused-ring (bicyclic) bond motifs is 1. The molecule has 0 bridgehead atoms. The van der Waals surface area contributed by atoms with Crippen LogP contribution in [0.15, 0.2) is 35.3 Å². The zero-order valence-electron chi connectivity index (χ0n) is 21.4. The summed E-state index contributed by atoms with van der Waals surface area (Å²) in [6, 6.07) is 6.52. The van der Waals surface area contributed by atoms with Gasteiger partial charge in [0.1, 0.15) is 23.8 Å². The van der Waals surface area contributed by atoms with Gasteiger partial charge >= 0.3 is 5.97 Å². The summed E-state index contributed by atoms with van der Waals surface area (Å²) in [4.78, 5) is 28.3. The molecule has 0 radical (unpaired) electrons. The zero-order chi connectivity index (χ0) is 25.6. The Labute approximate surface area is 222 Å². The minimum absolute atomic E-state index is 0.350. The van der Waals surface area contributed by atoms with E-state index in [1.54, 1.807) is 17.7 Å². The van der Waals surface area contributed by atoms with E-state index in [-0.39, 0.29) is 0 Å². The van der Waals surface area contributed by atoms with E-state index in [1.165, 1.54) is 23.2 Å². The number of hydrogen-bond acceptors (Lipinski definition) is 8. The molecule has 9 heteroatoms. The third-order valence-corrected chi connectivity index (χ3v) is 8.36. The minimum atomic E-state index is -0.775. The number of hydrogen-bond donors (Lipinski definition) is 3. The van der Waals surface area contributed by atoms with Crippen LogP contribution in [0.4, 0.5) is 17.5 Å². The van der Waals surface area contributed by atoms with E-state index in [0.29, 0.717) is 18.9 Å². The molecule has 3 aromatic rings. The highest BCUT2D eigenvalue weighted by Crippen LogP contribution is 2.33. The van der Waals surface area contributed by atoms with Gasteiger partial charge in [-0.25, -0.2) is 15.0 Å². The van der Waals surface area contributed by atoms with E-state index in [2.05, 4.69) is 56.0 Å². The Morgan fingerprint density at radius 3 is 2.89 bits per heavy atom. The molecule has 37 heavy (non-hydrogen) atoms. The molecule has 1 saturated heterocycles. The van der Waals surface area contributed by atoms with Crippen LogP contribution in [-0.2, 0) is 24.1 Å². The molecule has 0 aliphatic carbocycles. The Morgan fingerprint density at radius 2 is 2.14 bits per heavy atom. The van der Waals surface area contributed by atoms with Gasteiger partial charge in [0, 0.05) is 43.4 Å². The Kier molecular flexibility index (Phi) is 8.18. The Balaban J connectivity index is 1.22. The van der Waals surface area contributed by atoms with Crippen LogP contribution < -0.4 is 15.5 Å². The fourth-order valence-electron chi connectivity index (χ4n) is 5.42. The van der Waals surface area contributed by atoms with Crippen molar-refractivity contribution >= 4 is 34.8 Å². The summed E-state index contributed by atoms with van der Waals surface area (Å²) < 4.78 is 0. The fraction of sp³-hybridized carbons (Fsp3) is 0.500. The van der Waals surface area contributed by atoms with Crippen LogP contribution in [0.2, 0.25) is 0 Å². The van der Waals surface area contributed by atoms with Crippen molar-refractivity contribution in [3.63, 3.8) is 0 Å². The standard InChI is InChI=1S/C28H36N6O2S/c1-2-23-26(30-16-22(28(35)36)6-5-19-11-15-37-17-19)31-18-32-27(23)34-13-9-20(10-14-34)24-8-7-21-4-3-12-29-25(21)33-24/h7-8,11,15,17-18,20,22H,2-6,9-10,12-14,16H2,1H3,(H,29,33)(H,35,36)(H,30,31,32)/t22-/m0/s1. The summed E-state index contributed by atoms with van der Waals surface area (Å²) in [5.74, 6) is 1.98. The van der Waals surface area contributed by atoms with Gasteiger partial charge in [-0.15, -0.1) is 0 Å². The third kappa shape index (κ3) is 6.04. The van der Waals surface area contributed by atoms with Crippen LogP contribution in [0.25, 0.3) is 0 Å². The molecule has 0 aromatic carbocycles. The van der Waals surface area contributed by atoms with E-state index in [4.69, 9.17) is 4.98 Å². The van der Waals surface area contributed by atoms with Gasteiger partial charge in [-0.2, -0.15) is 11.3 Å². The van der Waals surface area contributed by atoms with Crippen molar-refractivity contribution in [3.8, 4) is 0 Å². The molecule has 0 amide bonds. The maximum absolute atomic E-state index is 11.9. The van der Waals surface area contributed by atoms with E-state index in [0.717, 1.165) is 74.8 Å². The second-order valence-electron chi connectivity index (χ2n) is 10.00. The van der Waals surface area contributed by atoms with Gasteiger partial charge < -0.3 is 20.6 Å². The van der Waals surface area contributed by atoms with Crippen LogP contribution in [0.3, 0.4) is 0 Å². The van der Waals surface area contributed by atoms with Crippen molar-refractivity contribution in [2.75, 3.05) is 41.7 Å². The van der Waals surface area contributed by atoms with Crippen LogP contribution in [-0.4, -0.2) is 52.2 Å². The first-order chi connectivity index (χ1) is 18.1. The zero-order valence-corrected chi connectivity index (χ0v) is 22.3. The highest BCUT2D eigenvalue weighted by molar-refractivity contribution is 7.07. The SMILES string of the molecule is CCc1c(NC[C@H](CCc2ccsc2)C(=O)O)ncnc1N1CCC(c2ccc3c(n2)NCCC3)CC1. The smallest absolute Gasteiger partial charge is 0.308 e. The van der Waals surface area contributed by atoms with Gasteiger partial charge in [0.25, 0.3) is 0 Å². The normalized spacial score (nSPS) is 16.6. The first-order valence-corrected chi connectivity index (χ1v) is 14.4. The molecule has 0 saturated carbocycles. The lowest BCUT2D eigenvalue weighted by atomic mass is 9.92. The molecule has 2 aliphatic rings. The predicted molar refractivity (Wildman–Crippen MR) is 149 cm³/mol. The molecule has 3 aromatic heterocycles. The van der Waals surface area contributed by atoms with E-state index in [1.807, 2.05) is 5.38 Å². The molecular weight excluding hydrogens is 484 g/mol. The van der Waals surface area contributed by atoms with Crippen molar-refractivity contribution in [1.82, 2.24) is 15.0 Å². The van der Waals surface area contributed by atoms with Crippen molar-refractivity contribution in [1.29, 1.82) is 0 Å². The molecule has 5 heterocycles. The summed E-state index contributed by atoms with van der Waals surface area (Å²) in [7, 11) is 0. The van der Waals surface area contributed by atoms with Gasteiger partial charge in [-0.1, -0.05) is 13.0 Å². The average Bonchev–Trinajstić information content (AvgIpc) is 3.46. The maximum Gasteiger partial charge on any atom is 0.308 e. The number of rotatable bonds is 10. The van der Waals surface area contributed by atoms with Crippen LogP contribution in [0.5, 0.6) is 0 Å². The van der Waals surface area contributed by atoms with Crippen LogP contribution in [0, 0.1) is 5.92 Å². The minimum Gasteiger partial charge on any atom is -0.481 e. The van der Waals surface area contributed by atoms with Crippen molar-refractivity contribution in [3.05, 3.63) is 57.7 Å². The predicted octanol–water partition coefficient (Wildman–Crippen LogP) is 4.98. The molecule has 1 fully saturated rings. The maximum atomic E-state index is 11.9. The number of carboxylic acids is 1. The number of pyridine rings is 1. The van der Waals surface area contributed by atoms with Gasteiger partial charge in [0.15, 0.2) is 0 Å². The molecule has 2 aliphatic heterocycles. The summed E-state index contributed by atoms with van der Waals surface area (Å²) >= 11 is 1.64. The highest BCUT2D eigenvalue weighted by atomic mass is 32.1. The largest absolute Gasteiger partial charge is 0.481 e. The highest BCUT2D eigenvalue weighted by Gasteiger charge is 2.26. The van der Waals surface area contributed by atoms with Gasteiger partial charge in [0.05, 0.1) is 5.92 Å². The van der Waals surface area contributed by atoms with Gasteiger partial charge in [0.2, 0.25) is 0 Å². The Morgan fingerprint density at radius 1 is 1.27 bits per heavy atom. The van der Waals surface area contributed by atoms with Crippen molar-refractivity contribution in [2.24, 2.45) is 5.92 Å². The Bertz CT molecular complexity index is 1190. The van der Waals surface area contributed by atoms with Crippen molar-refractivity contribution < 1.29 is 9.90 Å². The fourth-order valence-corrected chi connectivity index (χ4v) is 6.12. The third-order valence-electron chi connectivity index (χ3n) is 7.63. The number of nitrogens with one attached hydrogen (secondary N) is 2. The molecule has 3 N–H and O–H groups in total. The summed E-state index contributed by atoms with van der Waals surface area (Å²) in [6.45, 7) is 5.30. The molecule has 8 nitrogen and oxygen atoms in total. The summed E-state index contributed by atoms with van der Waals surface area (Å²) in [5.41, 5.74) is 4.77. The lowest BCUT2D eigenvalue weighted by Crippen LogP contribution is -2.35. The molecular formula is C28H36N6O2S. The number of thiophene rings is 1. The average molecular weight is 521 g/mol. The first-order valence-electron chi connectivity index (χ1n) is 13.4.